The quantitative estimate of drug-likeness (QED) is 0.484. The van der Waals surface area contributed by atoms with Gasteiger partial charge in [0.2, 0.25) is 5.43 Å². The van der Waals surface area contributed by atoms with Gasteiger partial charge in [-0.25, -0.2) is 0 Å². The molecule has 1 aromatic heterocycles. The van der Waals surface area contributed by atoms with Gasteiger partial charge < -0.3 is 23.4 Å². The highest BCUT2D eigenvalue weighted by atomic mass is 16.6. The Labute approximate surface area is 167 Å². The number of esters is 1. The molecule has 0 unspecified atom stereocenters. The Bertz CT molecular complexity index is 1190. The molecule has 0 fully saturated rings. The largest absolute Gasteiger partial charge is 0.496 e. The number of hydrogen-bond donors (Lipinski definition) is 0. The predicted octanol–water partition coefficient (Wildman–Crippen LogP) is 4.13. The number of benzene rings is 2. The van der Waals surface area contributed by atoms with Gasteiger partial charge in [0, 0.05) is 19.4 Å². The summed E-state index contributed by atoms with van der Waals surface area (Å²) in [5, 5.41) is 0.642. The van der Waals surface area contributed by atoms with Crippen molar-refractivity contribution in [1.29, 1.82) is 0 Å². The van der Waals surface area contributed by atoms with Crippen molar-refractivity contribution in [3.05, 3.63) is 40.1 Å². The molecule has 0 aliphatic carbocycles. The zero-order valence-corrected chi connectivity index (χ0v) is 17.0. The van der Waals surface area contributed by atoms with Crippen molar-refractivity contribution in [2.75, 3.05) is 14.2 Å². The van der Waals surface area contributed by atoms with Crippen molar-refractivity contribution in [1.82, 2.24) is 0 Å². The van der Waals surface area contributed by atoms with E-state index in [-0.39, 0.29) is 16.4 Å². The van der Waals surface area contributed by atoms with Gasteiger partial charge in [0.05, 0.1) is 25.2 Å². The maximum absolute atomic E-state index is 13.3. The predicted molar refractivity (Wildman–Crippen MR) is 107 cm³/mol. The number of fused-ring (bicyclic) bond motifs is 4. The van der Waals surface area contributed by atoms with Crippen molar-refractivity contribution in [3.8, 4) is 17.2 Å². The standard InChI is InChI=1S/C22H22O7/c1-11(23)27-16-10-22(2,3)29-15-9-14(26-5)18-19(24)12-7-6-8-13(25-4)20(12)28-21(18)17(15)16/h6-9,16H,10H2,1-5H3/t16-/m1/s1. The first-order valence-electron chi connectivity index (χ1n) is 9.26. The lowest BCUT2D eigenvalue weighted by molar-refractivity contribution is -0.150. The van der Waals surface area contributed by atoms with Crippen LogP contribution in [0, 0.1) is 0 Å². The Kier molecular flexibility index (Phi) is 4.41. The van der Waals surface area contributed by atoms with Crippen molar-refractivity contribution >= 4 is 27.9 Å². The van der Waals surface area contributed by atoms with Crippen molar-refractivity contribution < 1.29 is 28.2 Å². The van der Waals surface area contributed by atoms with E-state index < -0.39 is 17.7 Å². The number of hydrogen-bond acceptors (Lipinski definition) is 7. The topological polar surface area (TPSA) is 84.2 Å². The van der Waals surface area contributed by atoms with Crippen LogP contribution in [0.5, 0.6) is 17.2 Å². The highest BCUT2D eigenvalue weighted by molar-refractivity contribution is 5.98. The number of carbonyl (C=O) groups excluding carboxylic acids is 1. The summed E-state index contributed by atoms with van der Waals surface area (Å²) in [6, 6.07) is 6.76. The third-order valence-electron chi connectivity index (χ3n) is 5.03. The van der Waals surface area contributed by atoms with Gasteiger partial charge in [-0.05, 0) is 26.0 Å². The number of para-hydroxylation sites is 1. The maximum Gasteiger partial charge on any atom is 0.303 e. The summed E-state index contributed by atoms with van der Waals surface area (Å²) in [6.45, 7) is 5.16. The van der Waals surface area contributed by atoms with E-state index in [2.05, 4.69) is 0 Å². The van der Waals surface area contributed by atoms with Gasteiger partial charge in [0.25, 0.3) is 0 Å². The van der Waals surface area contributed by atoms with Crippen LogP contribution >= 0.6 is 0 Å². The van der Waals surface area contributed by atoms with Gasteiger partial charge in [-0.3, -0.25) is 9.59 Å². The van der Waals surface area contributed by atoms with E-state index in [0.717, 1.165) is 0 Å². The summed E-state index contributed by atoms with van der Waals surface area (Å²) >= 11 is 0. The maximum atomic E-state index is 13.3. The minimum atomic E-state index is -0.630. The van der Waals surface area contributed by atoms with Crippen molar-refractivity contribution in [2.45, 2.75) is 38.9 Å². The molecule has 1 aliphatic heterocycles. The van der Waals surface area contributed by atoms with Gasteiger partial charge in [0.15, 0.2) is 16.9 Å². The lowest BCUT2D eigenvalue weighted by Gasteiger charge is -2.37. The molecular formula is C22H22O7. The molecule has 7 heteroatoms. The summed E-state index contributed by atoms with van der Waals surface area (Å²) in [5.41, 5.74) is 0.254. The van der Waals surface area contributed by atoms with E-state index in [1.54, 1.807) is 24.3 Å². The Hall–Kier alpha value is -3.22. The summed E-state index contributed by atoms with van der Waals surface area (Å²) in [6.07, 6.45) is -0.218. The van der Waals surface area contributed by atoms with Gasteiger partial charge in [-0.15, -0.1) is 0 Å². The van der Waals surface area contributed by atoms with E-state index in [0.29, 0.717) is 40.2 Å². The summed E-state index contributed by atoms with van der Waals surface area (Å²) < 4.78 is 28.8. The summed E-state index contributed by atoms with van der Waals surface area (Å²) in [5.74, 6) is 0.785. The molecule has 0 N–H and O–H groups in total. The van der Waals surface area contributed by atoms with Gasteiger partial charge in [-0.1, -0.05) is 6.07 Å². The molecule has 1 aliphatic rings. The van der Waals surface area contributed by atoms with Crippen LogP contribution in [0.25, 0.3) is 21.9 Å². The fraction of sp³-hybridized carbons (Fsp3) is 0.364. The number of rotatable bonds is 3. The zero-order chi connectivity index (χ0) is 20.9. The van der Waals surface area contributed by atoms with Crippen LogP contribution in [-0.2, 0) is 9.53 Å². The molecular weight excluding hydrogens is 376 g/mol. The van der Waals surface area contributed by atoms with Crippen molar-refractivity contribution in [2.24, 2.45) is 0 Å². The van der Waals surface area contributed by atoms with Crippen LogP contribution < -0.4 is 19.6 Å². The van der Waals surface area contributed by atoms with Gasteiger partial charge in [0.1, 0.15) is 28.6 Å². The van der Waals surface area contributed by atoms with Crippen molar-refractivity contribution in [3.63, 3.8) is 0 Å². The Balaban J connectivity index is 2.16. The molecule has 0 radical (unpaired) electrons. The second-order valence-electron chi connectivity index (χ2n) is 7.63. The minimum Gasteiger partial charge on any atom is -0.496 e. The zero-order valence-electron chi connectivity index (χ0n) is 17.0. The summed E-state index contributed by atoms with van der Waals surface area (Å²) in [4.78, 5) is 25.1. The molecule has 152 valence electrons. The third kappa shape index (κ3) is 3.06. The lowest BCUT2D eigenvalue weighted by Crippen LogP contribution is -2.36. The summed E-state index contributed by atoms with van der Waals surface area (Å²) in [7, 11) is 2.99. The molecule has 4 rings (SSSR count). The molecule has 0 bridgehead atoms. The normalized spacial score (nSPS) is 17.5. The second-order valence-corrected chi connectivity index (χ2v) is 7.63. The van der Waals surface area contributed by atoms with E-state index in [9.17, 15) is 9.59 Å². The van der Waals surface area contributed by atoms with E-state index >= 15 is 0 Å². The number of methoxy groups -OCH3 is 2. The van der Waals surface area contributed by atoms with Gasteiger partial charge >= 0.3 is 5.97 Å². The monoisotopic (exact) mass is 398 g/mol. The number of ether oxygens (including phenoxy) is 4. The molecule has 1 atom stereocenters. The Morgan fingerprint density at radius 3 is 2.52 bits per heavy atom. The average Bonchev–Trinajstić information content (AvgIpc) is 2.65. The second kappa shape index (κ2) is 6.69. The molecule has 2 aromatic carbocycles. The molecule has 0 amide bonds. The van der Waals surface area contributed by atoms with Crippen LogP contribution in [-0.4, -0.2) is 25.8 Å². The van der Waals surface area contributed by atoms with Crippen LogP contribution in [0.2, 0.25) is 0 Å². The van der Waals surface area contributed by atoms with E-state index in [1.165, 1.54) is 21.1 Å². The van der Waals surface area contributed by atoms with Gasteiger partial charge in [-0.2, -0.15) is 0 Å². The first-order chi connectivity index (χ1) is 13.8. The van der Waals surface area contributed by atoms with Crippen LogP contribution in [0.1, 0.15) is 38.9 Å². The molecule has 3 aromatic rings. The third-order valence-corrected chi connectivity index (χ3v) is 5.03. The average molecular weight is 398 g/mol. The molecule has 0 spiro atoms. The van der Waals surface area contributed by atoms with Crippen LogP contribution in [0.4, 0.5) is 0 Å². The Morgan fingerprint density at radius 2 is 1.86 bits per heavy atom. The van der Waals surface area contributed by atoms with E-state index in [1.807, 2.05) is 13.8 Å². The SMILES string of the molecule is COc1cccc2c(=O)c3c(OC)cc4c(c3oc12)[C@H](OC(C)=O)CC(C)(C)O4. The molecule has 0 saturated heterocycles. The molecule has 2 heterocycles. The minimum absolute atomic E-state index is 0.258. The fourth-order valence-electron chi connectivity index (χ4n) is 3.88. The van der Waals surface area contributed by atoms with Crippen LogP contribution in [0.3, 0.4) is 0 Å². The first kappa shape index (κ1) is 19.1. The molecule has 0 saturated carbocycles. The first-order valence-corrected chi connectivity index (χ1v) is 9.26. The highest BCUT2D eigenvalue weighted by Crippen LogP contribution is 2.48. The molecule has 7 nitrogen and oxygen atoms in total. The van der Waals surface area contributed by atoms with Crippen LogP contribution in [0.15, 0.2) is 33.5 Å². The Morgan fingerprint density at radius 1 is 1.14 bits per heavy atom. The fourth-order valence-corrected chi connectivity index (χ4v) is 3.88. The number of carbonyl (C=O) groups is 1. The highest BCUT2D eigenvalue weighted by Gasteiger charge is 2.39. The smallest absolute Gasteiger partial charge is 0.303 e. The van der Waals surface area contributed by atoms with E-state index in [4.69, 9.17) is 23.4 Å². The molecule has 29 heavy (non-hydrogen) atoms. The lowest BCUT2D eigenvalue weighted by atomic mass is 9.90.